The molecule has 0 saturated carbocycles. The minimum absolute atomic E-state index is 0.0410. The highest BCUT2D eigenvalue weighted by Gasteiger charge is 2.30. The van der Waals surface area contributed by atoms with Crippen LogP contribution in [-0.2, 0) is 20.8 Å². The van der Waals surface area contributed by atoms with Crippen molar-refractivity contribution in [1.82, 2.24) is 4.90 Å². The van der Waals surface area contributed by atoms with Crippen molar-refractivity contribution in [3.63, 3.8) is 0 Å². The van der Waals surface area contributed by atoms with E-state index in [1.165, 1.54) is 20.8 Å². The fourth-order valence-corrected chi connectivity index (χ4v) is 4.32. The van der Waals surface area contributed by atoms with Gasteiger partial charge < -0.3 is 14.2 Å². The monoisotopic (exact) mass is 471 g/mol. The first-order valence-corrected chi connectivity index (χ1v) is 10.9. The zero-order valence-electron chi connectivity index (χ0n) is 18.9. The molecule has 0 aliphatic carbocycles. The number of hydrogen-bond donors (Lipinski definition) is 0. The molecule has 3 rings (SSSR count). The van der Waals surface area contributed by atoms with Crippen molar-refractivity contribution in [2.45, 2.75) is 33.1 Å². The Morgan fingerprint density at radius 2 is 1.70 bits per heavy atom. The van der Waals surface area contributed by atoms with E-state index in [2.05, 4.69) is 11.5 Å². The molecule has 1 heterocycles. The second-order valence-corrected chi connectivity index (χ2v) is 8.16. The topological polar surface area (TPSA) is 82.1 Å². The lowest BCUT2D eigenvalue weighted by Crippen LogP contribution is -2.28. The number of hydrogen-bond acceptors (Lipinski definition) is 7. The number of nitrogens with zero attached hydrogens (tertiary/aromatic N) is 1. The summed E-state index contributed by atoms with van der Waals surface area (Å²) in [5.41, 5.74) is 2.66. The third-order valence-corrected chi connectivity index (χ3v) is 5.65. The highest BCUT2D eigenvalue weighted by molar-refractivity contribution is 6.33. The normalized spacial score (nSPS) is 15.7. The molecule has 0 bridgehead atoms. The molecule has 0 aromatic heterocycles. The molecule has 0 spiro atoms. The van der Waals surface area contributed by atoms with Crippen molar-refractivity contribution in [3.05, 3.63) is 64.7 Å². The number of benzene rings is 2. The average molecular weight is 472 g/mol. The highest BCUT2D eigenvalue weighted by atomic mass is 35.5. The molecule has 2 aromatic rings. The first-order chi connectivity index (χ1) is 15.7. The maximum Gasteiger partial charge on any atom is 0.308 e. The summed E-state index contributed by atoms with van der Waals surface area (Å²) in [4.78, 5) is 36.9. The van der Waals surface area contributed by atoms with Crippen molar-refractivity contribution in [1.29, 1.82) is 0 Å². The van der Waals surface area contributed by atoms with Crippen molar-refractivity contribution >= 4 is 29.5 Å². The van der Waals surface area contributed by atoms with Crippen molar-refractivity contribution in [2.75, 3.05) is 19.6 Å². The first-order valence-electron chi connectivity index (χ1n) is 10.5. The Hall–Kier alpha value is -3.16. The van der Waals surface area contributed by atoms with Gasteiger partial charge in [-0.25, -0.2) is 0 Å². The zero-order valence-corrected chi connectivity index (χ0v) is 19.6. The number of fused-ring (bicyclic) bond motifs is 1. The van der Waals surface area contributed by atoms with Gasteiger partial charge in [-0.05, 0) is 41.3 Å². The molecule has 33 heavy (non-hydrogen) atoms. The molecular weight excluding hydrogens is 446 g/mol. The number of carbonyl (C=O) groups excluding carboxylic acids is 3. The van der Waals surface area contributed by atoms with E-state index >= 15 is 0 Å². The fraction of sp³-hybridized carbons (Fsp3) is 0.320. The molecule has 0 amide bonds. The van der Waals surface area contributed by atoms with Gasteiger partial charge in [-0.1, -0.05) is 29.8 Å². The summed E-state index contributed by atoms with van der Waals surface area (Å²) >= 11 is 6.73. The van der Waals surface area contributed by atoms with Gasteiger partial charge >= 0.3 is 17.9 Å². The molecule has 8 heteroatoms. The maximum absolute atomic E-state index is 11.7. The molecule has 0 radical (unpaired) electrons. The fourth-order valence-electron chi connectivity index (χ4n) is 3.99. The Morgan fingerprint density at radius 3 is 2.27 bits per heavy atom. The predicted octanol–water partition coefficient (Wildman–Crippen LogP) is 4.29. The van der Waals surface area contributed by atoms with Crippen molar-refractivity contribution in [2.24, 2.45) is 0 Å². The molecule has 1 aliphatic heterocycles. The SMILES string of the molecule is C=CCN1CCc2c(cc(OC(C)=O)c(OC(C)=O)c2Cl)C(c2ccc(OC(C)=O)cc2)C1. The van der Waals surface area contributed by atoms with E-state index in [9.17, 15) is 14.4 Å². The van der Waals surface area contributed by atoms with Gasteiger partial charge in [0.25, 0.3) is 0 Å². The van der Waals surface area contributed by atoms with Crippen LogP contribution in [0.4, 0.5) is 0 Å². The van der Waals surface area contributed by atoms with Gasteiger partial charge in [-0.15, -0.1) is 6.58 Å². The van der Waals surface area contributed by atoms with Crippen LogP contribution in [0.3, 0.4) is 0 Å². The van der Waals surface area contributed by atoms with E-state index in [1.807, 2.05) is 18.2 Å². The number of esters is 3. The Kier molecular flexibility index (Phi) is 7.89. The van der Waals surface area contributed by atoms with Gasteiger partial charge in [0.1, 0.15) is 5.75 Å². The molecule has 2 aromatic carbocycles. The van der Waals surface area contributed by atoms with Gasteiger partial charge in [0, 0.05) is 46.3 Å². The summed E-state index contributed by atoms with van der Waals surface area (Å²) in [5.74, 6) is -1.05. The standard InChI is InChI=1S/C25H26ClNO6/c1-5-11-27-12-10-20-21(13-23(32-16(3)29)25(24(20)26)33-17(4)30)22(14-27)18-6-8-19(9-7-18)31-15(2)28/h5-9,13,22H,1,10-12,14H2,2-4H3. The van der Waals surface area contributed by atoms with Crippen molar-refractivity contribution in [3.8, 4) is 17.2 Å². The molecule has 7 nitrogen and oxygen atoms in total. The van der Waals surface area contributed by atoms with Crippen LogP contribution in [0.2, 0.25) is 5.02 Å². The second kappa shape index (κ2) is 10.6. The van der Waals surface area contributed by atoms with E-state index < -0.39 is 17.9 Å². The highest BCUT2D eigenvalue weighted by Crippen LogP contribution is 2.45. The predicted molar refractivity (Wildman–Crippen MR) is 124 cm³/mol. The van der Waals surface area contributed by atoms with Gasteiger partial charge in [0.15, 0.2) is 11.5 Å². The lowest BCUT2D eigenvalue weighted by atomic mass is 9.87. The number of carbonyl (C=O) groups is 3. The van der Waals surface area contributed by atoms with Crippen molar-refractivity contribution < 1.29 is 28.6 Å². The van der Waals surface area contributed by atoms with Crippen LogP contribution in [0.25, 0.3) is 0 Å². The molecule has 0 N–H and O–H groups in total. The largest absolute Gasteiger partial charge is 0.427 e. The molecular formula is C25H26ClNO6. The van der Waals surface area contributed by atoms with E-state index in [-0.39, 0.29) is 22.4 Å². The summed E-state index contributed by atoms with van der Waals surface area (Å²) in [5, 5.41) is 0.251. The Bertz CT molecular complexity index is 1080. The van der Waals surface area contributed by atoms with Crippen LogP contribution in [0.1, 0.15) is 43.4 Å². The lowest BCUT2D eigenvalue weighted by Gasteiger charge is -2.25. The van der Waals surface area contributed by atoms with Gasteiger partial charge in [-0.3, -0.25) is 19.3 Å². The smallest absolute Gasteiger partial charge is 0.308 e. The van der Waals surface area contributed by atoms with Crippen LogP contribution in [0, 0.1) is 0 Å². The summed E-state index contributed by atoms with van der Waals surface area (Å²) in [6.07, 6.45) is 2.45. The number of ether oxygens (including phenoxy) is 3. The van der Waals surface area contributed by atoms with Crippen LogP contribution in [-0.4, -0.2) is 42.4 Å². The molecule has 1 unspecified atom stereocenters. The van der Waals surface area contributed by atoms with Gasteiger partial charge in [0.2, 0.25) is 0 Å². The van der Waals surface area contributed by atoms with E-state index in [0.29, 0.717) is 31.8 Å². The molecule has 0 saturated heterocycles. The Balaban J connectivity index is 2.15. The number of rotatable bonds is 6. The maximum atomic E-state index is 11.7. The molecule has 0 fully saturated rings. The molecule has 174 valence electrons. The minimum Gasteiger partial charge on any atom is -0.427 e. The summed E-state index contributed by atoms with van der Waals surface area (Å²) in [6, 6.07) is 8.98. The third kappa shape index (κ3) is 6.00. The first kappa shape index (κ1) is 24.5. The zero-order chi connectivity index (χ0) is 24.1. The van der Waals surface area contributed by atoms with E-state index in [0.717, 1.165) is 16.7 Å². The van der Waals surface area contributed by atoms with E-state index in [4.69, 9.17) is 25.8 Å². The number of halogens is 1. The third-order valence-electron chi connectivity index (χ3n) is 5.25. The average Bonchev–Trinajstić information content (AvgIpc) is 2.91. The molecule has 1 aliphatic rings. The second-order valence-electron chi connectivity index (χ2n) is 7.79. The van der Waals surface area contributed by atoms with E-state index in [1.54, 1.807) is 18.2 Å². The van der Waals surface area contributed by atoms with Crippen LogP contribution in [0.15, 0.2) is 43.0 Å². The van der Waals surface area contributed by atoms with Crippen LogP contribution >= 0.6 is 11.6 Å². The lowest BCUT2D eigenvalue weighted by molar-refractivity contribution is -0.134. The molecule has 1 atom stereocenters. The Labute approximate surface area is 197 Å². The summed E-state index contributed by atoms with van der Waals surface area (Å²) in [7, 11) is 0. The van der Waals surface area contributed by atoms with Gasteiger partial charge in [-0.2, -0.15) is 0 Å². The van der Waals surface area contributed by atoms with Crippen LogP contribution < -0.4 is 14.2 Å². The summed E-state index contributed by atoms with van der Waals surface area (Å²) in [6.45, 7) is 9.79. The van der Waals surface area contributed by atoms with Crippen LogP contribution in [0.5, 0.6) is 17.2 Å². The Morgan fingerprint density at radius 1 is 1.06 bits per heavy atom. The minimum atomic E-state index is -0.565. The quantitative estimate of drug-likeness (QED) is 0.353. The van der Waals surface area contributed by atoms with Gasteiger partial charge in [0.05, 0.1) is 5.02 Å². The summed E-state index contributed by atoms with van der Waals surface area (Å²) < 4.78 is 15.8.